The summed E-state index contributed by atoms with van der Waals surface area (Å²) >= 11 is 0. The first-order valence-electron chi connectivity index (χ1n) is 8.61. The molecule has 0 bridgehead atoms. The maximum atomic E-state index is 12.6. The van der Waals surface area contributed by atoms with Crippen LogP contribution < -0.4 is 14.9 Å². The Kier molecular flexibility index (Phi) is 9.55. The van der Waals surface area contributed by atoms with E-state index in [0.717, 1.165) is 30.6 Å². The summed E-state index contributed by atoms with van der Waals surface area (Å²) in [5, 5.41) is 6.29. The monoisotopic (exact) mass is 480 g/mol. The molecule has 8 heteroatoms. The molecule has 0 saturated carbocycles. The van der Waals surface area contributed by atoms with Crippen LogP contribution in [0.25, 0.3) is 0 Å². The van der Waals surface area contributed by atoms with E-state index < -0.39 is 10.0 Å². The van der Waals surface area contributed by atoms with Crippen molar-refractivity contribution in [2.75, 3.05) is 36.7 Å². The molecular weight excluding hydrogens is 451 g/mol. The van der Waals surface area contributed by atoms with Crippen molar-refractivity contribution in [1.29, 1.82) is 0 Å². The van der Waals surface area contributed by atoms with Gasteiger partial charge in [-0.2, -0.15) is 0 Å². The molecule has 0 radical (unpaired) electrons. The standard InChI is InChI=1S/C17H28N4O2S.HI/c1-3-4-7-11-19-17(18-2)20-12-14-24(22,23)21-13-10-15-8-5-6-9-16(15)21;/h5-6,8-9H,3-4,7,10-14H2,1-2H3,(H2,18,19,20);1H. The maximum absolute atomic E-state index is 12.6. The molecule has 0 saturated heterocycles. The molecule has 0 fully saturated rings. The normalized spacial score (nSPS) is 14.0. The molecule has 142 valence electrons. The lowest BCUT2D eigenvalue weighted by Crippen LogP contribution is -2.42. The molecule has 0 aromatic heterocycles. The minimum absolute atomic E-state index is 0. The lowest BCUT2D eigenvalue weighted by molar-refractivity contribution is 0.590. The van der Waals surface area contributed by atoms with Gasteiger partial charge >= 0.3 is 0 Å². The summed E-state index contributed by atoms with van der Waals surface area (Å²) in [5.41, 5.74) is 1.92. The van der Waals surface area contributed by atoms with Crippen molar-refractivity contribution in [3.05, 3.63) is 29.8 Å². The summed E-state index contributed by atoms with van der Waals surface area (Å²) in [6.07, 6.45) is 4.21. The van der Waals surface area contributed by atoms with Gasteiger partial charge in [0.25, 0.3) is 0 Å². The van der Waals surface area contributed by atoms with E-state index in [2.05, 4.69) is 22.5 Å². The third kappa shape index (κ3) is 6.32. The summed E-state index contributed by atoms with van der Waals surface area (Å²) in [4.78, 5) is 4.12. The predicted octanol–water partition coefficient (Wildman–Crippen LogP) is 2.35. The lowest BCUT2D eigenvalue weighted by atomic mass is 10.2. The highest BCUT2D eigenvalue weighted by atomic mass is 127. The summed E-state index contributed by atoms with van der Waals surface area (Å²) in [6.45, 7) is 3.88. The average molecular weight is 480 g/mol. The highest BCUT2D eigenvalue weighted by molar-refractivity contribution is 14.0. The van der Waals surface area contributed by atoms with Crippen LogP contribution in [0.15, 0.2) is 29.3 Å². The molecule has 1 aliphatic heterocycles. The maximum Gasteiger partial charge on any atom is 0.236 e. The zero-order valence-corrected chi connectivity index (χ0v) is 18.1. The molecule has 0 atom stereocenters. The van der Waals surface area contributed by atoms with Gasteiger partial charge in [-0.1, -0.05) is 38.0 Å². The number of anilines is 1. The highest BCUT2D eigenvalue weighted by Crippen LogP contribution is 2.29. The average Bonchev–Trinajstić information content (AvgIpc) is 3.02. The fourth-order valence-corrected chi connectivity index (χ4v) is 4.24. The molecule has 1 aliphatic rings. The summed E-state index contributed by atoms with van der Waals surface area (Å²) in [5.74, 6) is 0.708. The van der Waals surface area contributed by atoms with E-state index in [0.29, 0.717) is 19.0 Å². The summed E-state index contributed by atoms with van der Waals surface area (Å²) in [6, 6.07) is 7.70. The van der Waals surface area contributed by atoms with Crippen LogP contribution in [-0.4, -0.2) is 46.8 Å². The number of nitrogens with zero attached hydrogens (tertiary/aromatic N) is 2. The van der Waals surface area contributed by atoms with Gasteiger partial charge < -0.3 is 10.6 Å². The van der Waals surface area contributed by atoms with Crippen LogP contribution in [0.1, 0.15) is 31.7 Å². The van der Waals surface area contributed by atoms with Gasteiger partial charge in [-0.15, -0.1) is 24.0 Å². The van der Waals surface area contributed by atoms with Gasteiger partial charge in [-0.3, -0.25) is 9.30 Å². The molecule has 0 unspecified atom stereocenters. The first-order chi connectivity index (χ1) is 11.6. The molecule has 1 aromatic rings. The van der Waals surface area contributed by atoms with E-state index in [-0.39, 0.29) is 29.7 Å². The van der Waals surface area contributed by atoms with Crippen LogP contribution in [0, 0.1) is 0 Å². The van der Waals surface area contributed by atoms with Crippen molar-refractivity contribution in [2.24, 2.45) is 4.99 Å². The van der Waals surface area contributed by atoms with Crippen molar-refractivity contribution >= 4 is 45.6 Å². The van der Waals surface area contributed by atoms with Crippen LogP contribution >= 0.6 is 24.0 Å². The SMILES string of the molecule is CCCCCNC(=NC)NCCS(=O)(=O)N1CCc2ccccc21.I. The zero-order valence-electron chi connectivity index (χ0n) is 15.0. The van der Waals surface area contributed by atoms with Gasteiger partial charge in [-0.05, 0) is 24.5 Å². The van der Waals surface area contributed by atoms with Gasteiger partial charge in [0.15, 0.2) is 5.96 Å². The Bertz CT molecular complexity index is 664. The van der Waals surface area contributed by atoms with Crippen molar-refractivity contribution < 1.29 is 8.42 Å². The summed E-state index contributed by atoms with van der Waals surface area (Å²) < 4.78 is 26.7. The molecular formula is C17H29IN4O2S. The van der Waals surface area contributed by atoms with Gasteiger partial charge in [-0.25, -0.2) is 8.42 Å². The van der Waals surface area contributed by atoms with Crippen LogP contribution in [0.5, 0.6) is 0 Å². The number of para-hydroxylation sites is 1. The largest absolute Gasteiger partial charge is 0.356 e. The number of halogens is 1. The van der Waals surface area contributed by atoms with E-state index in [4.69, 9.17) is 0 Å². The number of hydrogen-bond donors (Lipinski definition) is 2. The number of benzene rings is 1. The second-order valence-electron chi connectivity index (χ2n) is 5.90. The number of aliphatic imine (C=N–C) groups is 1. The lowest BCUT2D eigenvalue weighted by Gasteiger charge is -2.20. The first-order valence-corrected chi connectivity index (χ1v) is 10.2. The van der Waals surface area contributed by atoms with Gasteiger partial charge in [0, 0.05) is 26.7 Å². The first kappa shape index (κ1) is 22.0. The Labute approximate surface area is 168 Å². The van der Waals surface area contributed by atoms with E-state index >= 15 is 0 Å². The molecule has 0 aliphatic carbocycles. The molecule has 0 spiro atoms. The third-order valence-corrected chi connectivity index (χ3v) is 5.90. The third-order valence-electron chi connectivity index (χ3n) is 4.13. The second kappa shape index (κ2) is 10.8. The smallest absolute Gasteiger partial charge is 0.236 e. The molecule has 1 aromatic carbocycles. The van der Waals surface area contributed by atoms with Crippen molar-refractivity contribution in [3.8, 4) is 0 Å². The Morgan fingerprint density at radius 2 is 1.92 bits per heavy atom. The van der Waals surface area contributed by atoms with Crippen LogP contribution in [0.4, 0.5) is 5.69 Å². The number of nitrogens with one attached hydrogen (secondary N) is 2. The van der Waals surface area contributed by atoms with Crippen molar-refractivity contribution in [1.82, 2.24) is 10.6 Å². The van der Waals surface area contributed by atoms with E-state index in [1.807, 2.05) is 24.3 Å². The van der Waals surface area contributed by atoms with E-state index in [1.54, 1.807) is 7.05 Å². The molecule has 6 nitrogen and oxygen atoms in total. The van der Waals surface area contributed by atoms with Crippen LogP contribution in [0.3, 0.4) is 0 Å². The fourth-order valence-electron chi connectivity index (χ4n) is 2.81. The molecule has 2 N–H and O–H groups in total. The Hall–Kier alpha value is -1.03. The number of hydrogen-bond acceptors (Lipinski definition) is 3. The minimum atomic E-state index is -3.32. The minimum Gasteiger partial charge on any atom is -0.356 e. The van der Waals surface area contributed by atoms with Crippen LogP contribution in [-0.2, 0) is 16.4 Å². The second-order valence-corrected chi connectivity index (χ2v) is 7.91. The van der Waals surface area contributed by atoms with E-state index in [9.17, 15) is 8.42 Å². The Morgan fingerprint density at radius 3 is 2.64 bits per heavy atom. The molecule has 2 rings (SSSR count). The van der Waals surface area contributed by atoms with Crippen LogP contribution in [0.2, 0.25) is 0 Å². The van der Waals surface area contributed by atoms with E-state index in [1.165, 1.54) is 17.1 Å². The highest BCUT2D eigenvalue weighted by Gasteiger charge is 2.28. The number of unbranched alkanes of at least 4 members (excludes halogenated alkanes) is 2. The topological polar surface area (TPSA) is 73.8 Å². The Balaban J connectivity index is 0.00000312. The van der Waals surface area contributed by atoms with Gasteiger partial charge in [0.05, 0.1) is 11.4 Å². The zero-order chi connectivity index (χ0) is 17.4. The van der Waals surface area contributed by atoms with Crippen molar-refractivity contribution in [2.45, 2.75) is 32.6 Å². The summed E-state index contributed by atoms with van der Waals surface area (Å²) in [7, 11) is -1.62. The number of sulfonamides is 1. The number of fused-ring (bicyclic) bond motifs is 1. The van der Waals surface area contributed by atoms with Crippen molar-refractivity contribution in [3.63, 3.8) is 0 Å². The quantitative estimate of drug-likeness (QED) is 0.259. The number of rotatable bonds is 8. The fraction of sp³-hybridized carbons (Fsp3) is 0.588. The molecule has 0 amide bonds. The van der Waals surface area contributed by atoms with Gasteiger partial charge in [0.2, 0.25) is 10.0 Å². The predicted molar refractivity (Wildman–Crippen MR) is 116 cm³/mol. The molecule has 1 heterocycles. The van der Waals surface area contributed by atoms with Gasteiger partial charge in [0.1, 0.15) is 0 Å². The number of guanidine groups is 1. The molecule has 25 heavy (non-hydrogen) atoms. The Morgan fingerprint density at radius 1 is 1.20 bits per heavy atom.